The van der Waals surface area contributed by atoms with Crippen molar-refractivity contribution in [3.05, 3.63) is 28.8 Å². The van der Waals surface area contributed by atoms with Gasteiger partial charge in [-0.3, -0.25) is 4.79 Å². The highest BCUT2D eigenvalue weighted by atomic mass is 35.5. The first-order valence-corrected chi connectivity index (χ1v) is 5.00. The first-order chi connectivity index (χ1) is 6.60. The second-order valence-electron chi connectivity index (χ2n) is 3.53. The molecule has 0 heterocycles. The minimum absolute atomic E-state index is 0.0730. The van der Waals surface area contributed by atoms with Crippen molar-refractivity contribution in [2.45, 2.75) is 25.6 Å². The third kappa shape index (κ3) is 2.07. The number of hydrogen-bond donors (Lipinski definition) is 1. The maximum atomic E-state index is 10.7. The lowest BCUT2D eigenvalue weighted by molar-refractivity contribution is 0.112. The van der Waals surface area contributed by atoms with E-state index in [2.05, 4.69) is 0 Å². The summed E-state index contributed by atoms with van der Waals surface area (Å²) in [6.45, 7) is 3.92. The van der Waals surface area contributed by atoms with Gasteiger partial charge in [0.05, 0.1) is 5.56 Å². The maximum absolute atomic E-state index is 10.7. The van der Waals surface area contributed by atoms with Crippen molar-refractivity contribution < 1.29 is 9.90 Å². The van der Waals surface area contributed by atoms with Crippen molar-refractivity contribution in [2.24, 2.45) is 0 Å². The molecule has 0 fully saturated rings. The molecule has 0 aliphatic rings. The highest BCUT2D eigenvalue weighted by Crippen LogP contribution is 2.30. The van der Waals surface area contributed by atoms with Crippen molar-refractivity contribution in [3.8, 4) is 5.75 Å². The molecule has 1 aromatic rings. The lowest BCUT2D eigenvalue weighted by atomic mass is 9.97. The molecule has 2 nitrogen and oxygen atoms in total. The fourth-order valence-electron chi connectivity index (χ4n) is 1.35. The molecule has 0 radical (unpaired) electrons. The fraction of sp³-hybridized carbons (Fsp3) is 0.364. The van der Waals surface area contributed by atoms with Gasteiger partial charge in [-0.15, -0.1) is 11.6 Å². The lowest BCUT2D eigenvalue weighted by Gasteiger charge is -2.11. The molecule has 0 bridgehead atoms. The topological polar surface area (TPSA) is 37.3 Å². The van der Waals surface area contributed by atoms with Gasteiger partial charge in [-0.1, -0.05) is 19.9 Å². The number of aromatic hydroxyl groups is 1. The van der Waals surface area contributed by atoms with E-state index < -0.39 is 0 Å². The number of carbonyl (C=O) groups excluding carboxylic acids is 1. The molecular weight excluding hydrogens is 200 g/mol. The van der Waals surface area contributed by atoms with E-state index in [-0.39, 0.29) is 11.7 Å². The van der Waals surface area contributed by atoms with E-state index in [0.29, 0.717) is 17.7 Å². The van der Waals surface area contributed by atoms with E-state index >= 15 is 0 Å². The SMILES string of the molecule is CC(C)c1cc(CCl)cc(C=O)c1O. The van der Waals surface area contributed by atoms with Crippen LogP contribution in [0.2, 0.25) is 0 Å². The van der Waals surface area contributed by atoms with E-state index in [1.807, 2.05) is 19.9 Å². The average molecular weight is 213 g/mol. The Bertz CT molecular complexity index is 345. The van der Waals surface area contributed by atoms with Crippen molar-refractivity contribution in [1.82, 2.24) is 0 Å². The van der Waals surface area contributed by atoms with Gasteiger partial charge in [0.15, 0.2) is 6.29 Å². The zero-order valence-corrected chi connectivity index (χ0v) is 9.01. The van der Waals surface area contributed by atoms with Crippen LogP contribution in [0.4, 0.5) is 0 Å². The van der Waals surface area contributed by atoms with Gasteiger partial charge < -0.3 is 5.11 Å². The molecule has 1 rings (SSSR count). The molecule has 14 heavy (non-hydrogen) atoms. The third-order valence-corrected chi connectivity index (χ3v) is 2.44. The molecule has 1 aromatic carbocycles. The van der Waals surface area contributed by atoms with Gasteiger partial charge in [0.25, 0.3) is 0 Å². The highest BCUT2D eigenvalue weighted by Gasteiger charge is 2.11. The molecule has 0 atom stereocenters. The Labute approximate surface area is 88.5 Å². The number of hydrogen-bond acceptors (Lipinski definition) is 2. The Morgan fingerprint density at radius 3 is 2.57 bits per heavy atom. The Balaban J connectivity index is 3.34. The van der Waals surface area contributed by atoms with E-state index in [9.17, 15) is 9.90 Å². The number of rotatable bonds is 3. The van der Waals surface area contributed by atoms with Crippen molar-refractivity contribution in [3.63, 3.8) is 0 Å². The number of halogens is 1. The van der Waals surface area contributed by atoms with E-state index in [0.717, 1.165) is 11.1 Å². The monoisotopic (exact) mass is 212 g/mol. The van der Waals surface area contributed by atoms with Crippen molar-refractivity contribution >= 4 is 17.9 Å². The molecule has 0 aromatic heterocycles. The Kier molecular flexibility index (Phi) is 3.53. The van der Waals surface area contributed by atoms with Crippen LogP contribution in [0, 0.1) is 0 Å². The number of carbonyl (C=O) groups is 1. The molecule has 0 aliphatic heterocycles. The van der Waals surface area contributed by atoms with Crippen LogP contribution in [-0.2, 0) is 5.88 Å². The third-order valence-electron chi connectivity index (χ3n) is 2.13. The van der Waals surface area contributed by atoms with Crippen molar-refractivity contribution in [2.75, 3.05) is 0 Å². The summed E-state index contributed by atoms with van der Waals surface area (Å²) in [6.07, 6.45) is 0.650. The fourth-order valence-corrected chi connectivity index (χ4v) is 1.51. The number of alkyl halides is 1. The molecule has 0 aliphatic carbocycles. The van der Waals surface area contributed by atoms with Crippen LogP contribution >= 0.6 is 11.6 Å². The first-order valence-electron chi connectivity index (χ1n) is 4.47. The summed E-state index contributed by atoms with van der Waals surface area (Å²) in [5, 5.41) is 9.70. The molecule has 0 saturated heterocycles. The summed E-state index contributed by atoms with van der Waals surface area (Å²) in [4.78, 5) is 10.7. The quantitative estimate of drug-likeness (QED) is 0.618. The predicted molar refractivity (Wildman–Crippen MR) is 57.1 cm³/mol. The maximum Gasteiger partial charge on any atom is 0.153 e. The van der Waals surface area contributed by atoms with Gasteiger partial charge in [-0.2, -0.15) is 0 Å². The predicted octanol–water partition coefficient (Wildman–Crippen LogP) is 3.07. The Morgan fingerprint density at radius 1 is 1.50 bits per heavy atom. The molecule has 3 heteroatoms. The molecular formula is C11H13ClO2. The number of benzene rings is 1. The molecule has 76 valence electrons. The minimum Gasteiger partial charge on any atom is -0.507 e. The highest BCUT2D eigenvalue weighted by molar-refractivity contribution is 6.17. The van der Waals surface area contributed by atoms with Gasteiger partial charge in [-0.25, -0.2) is 0 Å². The Morgan fingerprint density at radius 2 is 2.14 bits per heavy atom. The smallest absolute Gasteiger partial charge is 0.153 e. The summed E-state index contributed by atoms with van der Waals surface area (Å²) in [7, 11) is 0. The second kappa shape index (κ2) is 4.47. The molecule has 0 amide bonds. The van der Waals surface area contributed by atoms with E-state index in [1.54, 1.807) is 6.07 Å². The van der Waals surface area contributed by atoms with Crippen LogP contribution < -0.4 is 0 Å². The van der Waals surface area contributed by atoms with Crippen LogP contribution in [0.1, 0.15) is 41.3 Å². The first kappa shape index (κ1) is 11.1. The van der Waals surface area contributed by atoms with E-state index in [1.165, 1.54) is 0 Å². The van der Waals surface area contributed by atoms with E-state index in [4.69, 9.17) is 11.6 Å². The zero-order valence-electron chi connectivity index (χ0n) is 8.25. The van der Waals surface area contributed by atoms with Gasteiger partial charge in [0.2, 0.25) is 0 Å². The van der Waals surface area contributed by atoms with Gasteiger partial charge in [-0.05, 0) is 23.1 Å². The van der Waals surface area contributed by atoms with Crippen LogP contribution in [0.3, 0.4) is 0 Å². The standard InChI is InChI=1S/C11H13ClO2/c1-7(2)10-4-8(5-12)3-9(6-13)11(10)14/h3-4,6-7,14H,5H2,1-2H3. The van der Waals surface area contributed by atoms with Gasteiger partial charge in [0, 0.05) is 5.88 Å². The number of phenols is 1. The minimum atomic E-state index is 0.0730. The Hall–Kier alpha value is -1.02. The largest absolute Gasteiger partial charge is 0.507 e. The zero-order chi connectivity index (χ0) is 10.7. The normalized spacial score (nSPS) is 10.6. The summed E-state index contributed by atoms with van der Waals surface area (Å²) in [5.41, 5.74) is 1.94. The number of phenolic OH excluding ortho intramolecular Hbond substituents is 1. The van der Waals surface area contributed by atoms with Gasteiger partial charge in [0.1, 0.15) is 5.75 Å². The molecule has 0 spiro atoms. The van der Waals surface area contributed by atoms with Crippen LogP contribution in [0.15, 0.2) is 12.1 Å². The molecule has 0 unspecified atom stereocenters. The summed E-state index contributed by atoms with van der Waals surface area (Å²) >= 11 is 5.69. The average Bonchev–Trinajstić information content (AvgIpc) is 2.17. The van der Waals surface area contributed by atoms with Gasteiger partial charge >= 0.3 is 0 Å². The summed E-state index contributed by atoms with van der Waals surface area (Å²) in [6, 6.07) is 3.45. The molecule has 0 saturated carbocycles. The summed E-state index contributed by atoms with van der Waals surface area (Å²) in [5.74, 6) is 0.599. The van der Waals surface area contributed by atoms with Crippen LogP contribution in [-0.4, -0.2) is 11.4 Å². The number of aldehydes is 1. The van der Waals surface area contributed by atoms with Crippen LogP contribution in [0.5, 0.6) is 5.75 Å². The second-order valence-corrected chi connectivity index (χ2v) is 3.80. The summed E-state index contributed by atoms with van der Waals surface area (Å²) < 4.78 is 0. The molecule has 1 N–H and O–H groups in total. The van der Waals surface area contributed by atoms with Crippen molar-refractivity contribution in [1.29, 1.82) is 0 Å². The lowest BCUT2D eigenvalue weighted by Crippen LogP contribution is -1.95. The van der Waals surface area contributed by atoms with Crippen LogP contribution in [0.25, 0.3) is 0 Å².